The van der Waals surface area contributed by atoms with Crippen molar-refractivity contribution in [1.29, 1.82) is 0 Å². The van der Waals surface area contributed by atoms with Gasteiger partial charge in [0.15, 0.2) is 0 Å². The van der Waals surface area contributed by atoms with Gasteiger partial charge in [0.1, 0.15) is 10.9 Å². The molecule has 1 aliphatic heterocycles. The minimum absolute atomic E-state index is 0.0709. The van der Waals surface area contributed by atoms with Crippen LogP contribution in [0.3, 0.4) is 0 Å². The van der Waals surface area contributed by atoms with Crippen molar-refractivity contribution >= 4 is 23.2 Å². The van der Waals surface area contributed by atoms with Crippen molar-refractivity contribution in [2.45, 2.75) is 46.1 Å². The lowest BCUT2D eigenvalue weighted by Gasteiger charge is -2.32. The summed E-state index contributed by atoms with van der Waals surface area (Å²) >= 11 is 6.39. The molecule has 6 nitrogen and oxygen atoms in total. The van der Waals surface area contributed by atoms with Gasteiger partial charge >= 0.3 is 0 Å². The van der Waals surface area contributed by atoms with Crippen LogP contribution in [0, 0.1) is 19.8 Å². The number of likely N-dealkylation sites (tertiary alicyclic amines) is 1. The maximum Gasteiger partial charge on any atom is 0.224 e. The second-order valence-corrected chi connectivity index (χ2v) is 8.35. The number of piperidine rings is 1. The number of hydrogen-bond acceptors (Lipinski definition) is 4. The number of halogens is 1. The van der Waals surface area contributed by atoms with Crippen molar-refractivity contribution in [3.8, 4) is 5.75 Å². The van der Waals surface area contributed by atoms with Gasteiger partial charge in [-0.05, 0) is 69.3 Å². The molecule has 1 aliphatic rings. The lowest BCUT2D eigenvalue weighted by Crippen LogP contribution is -2.35. The predicted molar refractivity (Wildman–Crippen MR) is 117 cm³/mol. The Balaban J connectivity index is 1.49. The molecule has 1 N–H and O–H groups in total. The molecule has 2 aromatic rings. The van der Waals surface area contributed by atoms with Gasteiger partial charge in [-0.3, -0.25) is 14.4 Å². The Morgan fingerprint density at radius 1 is 1.38 bits per heavy atom. The summed E-state index contributed by atoms with van der Waals surface area (Å²) in [5.74, 6) is 1.40. The normalized spacial score (nSPS) is 17.3. The number of amides is 1. The first-order valence-electron chi connectivity index (χ1n) is 10.2. The van der Waals surface area contributed by atoms with E-state index >= 15 is 0 Å². The molecule has 3 rings (SSSR count). The zero-order chi connectivity index (χ0) is 21.0. The maximum atomic E-state index is 12.4. The number of carbonyl (C=O) groups excluding carboxylic acids is 1. The largest absolute Gasteiger partial charge is 0.497 e. The van der Waals surface area contributed by atoms with E-state index < -0.39 is 0 Å². The molecule has 29 heavy (non-hydrogen) atoms. The summed E-state index contributed by atoms with van der Waals surface area (Å²) in [5.41, 5.74) is 3.96. The molecule has 0 unspecified atom stereocenters. The highest BCUT2D eigenvalue weighted by atomic mass is 35.5. The van der Waals surface area contributed by atoms with Crippen molar-refractivity contribution < 1.29 is 9.53 Å². The van der Waals surface area contributed by atoms with E-state index in [1.165, 1.54) is 6.42 Å². The minimum Gasteiger partial charge on any atom is -0.497 e. The highest BCUT2D eigenvalue weighted by Crippen LogP contribution is 2.26. The van der Waals surface area contributed by atoms with E-state index in [0.29, 0.717) is 12.3 Å². The number of methoxy groups -OCH3 is 1. The monoisotopic (exact) mass is 418 g/mol. The number of ether oxygens (including phenoxy) is 1. The zero-order valence-electron chi connectivity index (χ0n) is 17.8. The van der Waals surface area contributed by atoms with Crippen LogP contribution in [0.25, 0.3) is 0 Å². The van der Waals surface area contributed by atoms with Gasteiger partial charge in [-0.2, -0.15) is 5.10 Å². The zero-order valence-corrected chi connectivity index (χ0v) is 18.6. The van der Waals surface area contributed by atoms with Crippen LogP contribution < -0.4 is 10.1 Å². The van der Waals surface area contributed by atoms with Crippen LogP contribution in [-0.2, 0) is 18.4 Å². The average Bonchev–Trinajstić information content (AvgIpc) is 2.94. The molecule has 0 radical (unpaired) electrons. The van der Waals surface area contributed by atoms with Crippen molar-refractivity contribution in [2.75, 3.05) is 25.5 Å². The topological polar surface area (TPSA) is 59.4 Å². The van der Waals surface area contributed by atoms with Crippen LogP contribution in [0.1, 0.15) is 42.5 Å². The van der Waals surface area contributed by atoms with Gasteiger partial charge in [0, 0.05) is 37.8 Å². The number of hydrogen-bond donors (Lipinski definition) is 1. The van der Waals surface area contributed by atoms with Crippen LogP contribution in [0.5, 0.6) is 5.75 Å². The van der Waals surface area contributed by atoms with Crippen molar-refractivity contribution in [2.24, 2.45) is 13.0 Å². The van der Waals surface area contributed by atoms with Crippen molar-refractivity contribution in [3.05, 3.63) is 40.2 Å². The van der Waals surface area contributed by atoms with E-state index in [0.717, 1.165) is 65.9 Å². The highest BCUT2D eigenvalue weighted by molar-refractivity contribution is 6.30. The fourth-order valence-corrected chi connectivity index (χ4v) is 4.29. The first-order chi connectivity index (χ1) is 13.9. The molecular formula is C22H31ClN4O2. The summed E-state index contributed by atoms with van der Waals surface area (Å²) < 4.78 is 6.95. The number of rotatable bonds is 7. The number of anilines is 1. The Kier molecular flexibility index (Phi) is 7.19. The number of aryl methyl sites for hydroxylation is 3. The third-order valence-corrected chi connectivity index (χ3v) is 6.21. The van der Waals surface area contributed by atoms with Crippen molar-refractivity contribution in [3.63, 3.8) is 0 Å². The lowest BCUT2D eigenvalue weighted by atomic mass is 9.93. The third-order valence-electron chi connectivity index (χ3n) is 5.74. The van der Waals surface area contributed by atoms with Gasteiger partial charge in [-0.15, -0.1) is 0 Å². The van der Waals surface area contributed by atoms with Gasteiger partial charge in [0.25, 0.3) is 0 Å². The molecule has 1 saturated heterocycles. The van der Waals surface area contributed by atoms with Gasteiger partial charge in [-0.25, -0.2) is 0 Å². The maximum absolute atomic E-state index is 12.4. The van der Waals surface area contributed by atoms with E-state index in [9.17, 15) is 4.79 Å². The first-order valence-corrected chi connectivity index (χ1v) is 10.6. The number of carbonyl (C=O) groups is 1. The van der Waals surface area contributed by atoms with E-state index in [-0.39, 0.29) is 5.91 Å². The molecule has 0 aliphatic carbocycles. The number of aromatic nitrogens is 2. The Bertz CT molecular complexity index is 865. The van der Waals surface area contributed by atoms with Gasteiger partial charge < -0.3 is 10.1 Å². The quantitative estimate of drug-likeness (QED) is 0.727. The Labute approximate surface area is 178 Å². The summed E-state index contributed by atoms with van der Waals surface area (Å²) in [4.78, 5) is 14.9. The highest BCUT2D eigenvalue weighted by Gasteiger charge is 2.23. The third kappa shape index (κ3) is 5.52. The molecule has 1 fully saturated rings. The van der Waals surface area contributed by atoms with E-state index in [1.807, 2.05) is 39.1 Å². The summed E-state index contributed by atoms with van der Waals surface area (Å²) in [5, 5.41) is 8.16. The van der Waals surface area contributed by atoms with Crippen LogP contribution in [-0.4, -0.2) is 40.8 Å². The molecule has 7 heteroatoms. The predicted octanol–water partition coefficient (Wildman–Crippen LogP) is 4.33. The average molecular weight is 419 g/mol. The molecule has 1 atom stereocenters. The molecular weight excluding hydrogens is 388 g/mol. The Morgan fingerprint density at radius 3 is 2.83 bits per heavy atom. The van der Waals surface area contributed by atoms with Gasteiger partial charge in [0.05, 0.1) is 12.8 Å². The summed E-state index contributed by atoms with van der Waals surface area (Å²) in [7, 11) is 3.52. The van der Waals surface area contributed by atoms with Crippen LogP contribution >= 0.6 is 11.6 Å². The molecule has 158 valence electrons. The van der Waals surface area contributed by atoms with E-state index in [4.69, 9.17) is 16.3 Å². The summed E-state index contributed by atoms with van der Waals surface area (Å²) in [6.07, 6.45) is 3.76. The summed E-state index contributed by atoms with van der Waals surface area (Å²) in [6.45, 7) is 6.88. The van der Waals surface area contributed by atoms with Gasteiger partial charge in [-0.1, -0.05) is 11.6 Å². The Hall–Kier alpha value is -2.05. The number of benzene rings is 1. The molecule has 1 aromatic carbocycles. The number of nitrogens with zero attached hydrogens (tertiary/aromatic N) is 3. The first kappa shape index (κ1) is 21.7. The minimum atomic E-state index is 0.0709. The molecule has 1 aromatic heterocycles. The van der Waals surface area contributed by atoms with Gasteiger partial charge in [0.2, 0.25) is 5.91 Å². The molecule has 0 spiro atoms. The lowest BCUT2D eigenvalue weighted by molar-refractivity contribution is -0.116. The number of nitrogens with one attached hydrogen (secondary N) is 1. The van der Waals surface area contributed by atoms with E-state index in [1.54, 1.807) is 11.8 Å². The van der Waals surface area contributed by atoms with Crippen molar-refractivity contribution in [1.82, 2.24) is 14.7 Å². The SMILES string of the molecule is COc1ccc(NC(=O)CC[C@@H]2CCCN(Cc3c(C)nn(C)c3Cl)C2)c(C)c1. The Morgan fingerprint density at radius 2 is 2.17 bits per heavy atom. The smallest absolute Gasteiger partial charge is 0.224 e. The van der Waals surface area contributed by atoms with Crippen LogP contribution in [0.4, 0.5) is 5.69 Å². The van der Waals surface area contributed by atoms with Crippen LogP contribution in [0.2, 0.25) is 5.15 Å². The molecule has 2 heterocycles. The van der Waals surface area contributed by atoms with Crippen LogP contribution in [0.15, 0.2) is 18.2 Å². The molecule has 0 bridgehead atoms. The van der Waals surface area contributed by atoms with E-state index in [2.05, 4.69) is 15.3 Å². The second kappa shape index (κ2) is 9.63. The second-order valence-electron chi connectivity index (χ2n) is 7.99. The summed E-state index contributed by atoms with van der Waals surface area (Å²) in [6, 6.07) is 5.70. The molecule has 1 amide bonds. The standard InChI is InChI=1S/C22H31ClN4O2/c1-15-12-18(29-4)8-9-20(15)24-21(28)10-7-17-6-5-11-27(13-17)14-19-16(2)25-26(3)22(19)23/h8-9,12,17H,5-7,10-11,13-14H2,1-4H3,(H,24,28)/t17-/m0/s1. The fourth-order valence-electron chi connectivity index (χ4n) is 4.06. The molecule has 0 saturated carbocycles. The fraction of sp³-hybridized carbons (Fsp3) is 0.545.